The molecule has 2 unspecified atom stereocenters. The van der Waals surface area contributed by atoms with Gasteiger partial charge in [-0.3, -0.25) is 9.36 Å². The van der Waals surface area contributed by atoms with E-state index in [-0.39, 0.29) is 37.0 Å². The average molecular weight is 453 g/mol. The number of anilines is 1. The van der Waals surface area contributed by atoms with Crippen molar-refractivity contribution in [1.82, 2.24) is 9.55 Å². The molecule has 10 nitrogen and oxygen atoms in total. The van der Waals surface area contributed by atoms with Crippen LogP contribution in [0.25, 0.3) is 0 Å². The molecule has 0 bridgehead atoms. The van der Waals surface area contributed by atoms with Crippen molar-refractivity contribution in [3.63, 3.8) is 0 Å². The number of methoxy groups -OCH3 is 1. The molecule has 2 aliphatic rings. The number of benzene rings is 1. The van der Waals surface area contributed by atoms with E-state index in [1.54, 1.807) is 6.07 Å². The molecule has 1 aromatic heterocycles. The second-order valence-electron chi connectivity index (χ2n) is 7.38. The number of carbonyl (C=O) groups excluding carboxylic acids is 1. The first kappa shape index (κ1) is 22.1. The number of aliphatic hydroxyl groups is 1. The van der Waals surface area contributed by atoms with Crippen molar-refractivity contribution in [2.75, 3.05) is 32.2 Å². The second kappa shape index (κ2) is 8.81. The minimum atomic E-state index is -3.28. The zero-order valence-corrected chi connectivity index (χ0v) is 17.0. The molecular weight excluding hydrogens is 432 g/mol. The lowest BCUT2D eigenvalue weighted by Crippen LogP contribution is -2.35. The number of hydrogen-bond acceptors (Lipinski definition) is 8. The quantitative estimate of drug-likeness (QED) is 0.669. The molecule has 0 aliphatic carbocycles. The summed E-state index contributed by atoms with van der Waals surface area (Å²) < 4.78 is 50.4. The fourth-order valence-corrected chi connectivity index (χ4v) is 3.48. The molecule has 4 rings (SSSR count). The van der Waals surface area contributed by atoms with Gasteiger partial charge in [-0.1, -0.05) is 0 Å². The van der Waals surface area contributed by atoms with E-state index in [0.29, 0.717) is 10.3 Å². The third kappa shape index (κ3) is 4.42. The first-order valence-corrected chi connectivity index (χ1v) is 9.78. The lowest BCUT2D eigenvalue weighted by molar-refractivity contribution is -0.121. The number of halogens is 2. The molecule has 32 heavy (non-hydrogen) atoms. The molecule has 0 saturated carbocycles. The van der Waals surface area contributed by atoms with E-state index < -0.39 is 42.4 Å². The molecule has 0 spiro atoms. The number of hydrogen-bond donors (Lipinski definition) is 2. The predicted molar refractivity (Wildman–Crippen MR) is 105 cm³/mol. The van der Waals surface area contributed by atoms with Crippen LogP contribution < -0.4 is 20.5 Å². The lowest BCUT2D eigenvalue weighted by Gasteiger charge is -2.25. The number of nitrogens with zero attached hydrogens (tertiary/aromatic N) is 2. The Morgan fingerprint density at radius 1 is 1.34 bits per heavy atom. The van der Waals surface area contributed by atoms with Gasteiger partial charge in [-0.25, -0.2) is 13.6 Å². The highest BCUT2D eigenvalue weighted by atomic mass is 19.3. The van der Waals surface area contributed by atoms with Gasteiger partial charge in [0.05, 0.1) is 19.3 Å². The zero-order chi connectivity index (χ0) is 22.9. The van der Waals surface area contributed by atoms with Crippen molar-refractivity contribution in [3.8, 4) is 11.5 Å². The van der Waals surface area contributed by atoms with Gasteiger partial charge >= 0.3 is 5.69 Å². The molecular formula is C20H21F2N3O7. The number of rotatable bonds is 6. The summed E-state index contributed by atoms with van der Waals surface area (Å²) in [6.45, 7) is -0.0890. The fourth-order valence-electron chi connectivity index (χ4n) is 3.48. The molecule has 2 aromatic rings. The largest absolute Gasteiger partial charge is 0.486 e. The van der Waals surface area contributed by atoms with E-state index >= 15 is 0 Å². The minimum absolute atomic E-state index is 0.0308. The summed E-state index contributed by atoms with van der Waals surface area (Å²) in [5, 5.41) is 11.6. The van der Waals surface area contributed by atoms with E-state index in [4.69, 9.17) is 18.9 Å². The number of fused-ring (bicyclic) bond motifs is 1. The summed E-state index contributed by atoms with van der Waals surface area (Å²) in [7, 11) is 1.37. The Morgan fingerprint density at radius 3 is 2.88 bits per heavy atom. The Hall–Kier alpha value is -3.09. The maximum Gasteiger partial charge on any atom is 0.351 e. The molecule has 3 atom stereocenters. The summed E-state index contributed by atoms with van der Waals surface area (Å²) in [6, 6.07) is 5.68. The lowest BCUT2D eigenvalue weighted by atomic mass is 10.1. The molecule has 12 heteroatoms. The van der Waals surface area contributed by atoms with Crippen molar-refractivity contribution >= 4 is 11.7 Å². The van der Waals surface area contributed by atoms with Crippen LogP contribution in [0, 0.1) is 0 Å². The van der Waals surface area contributed by atoms with Gasteiger partial charge in [0.2, 0.25) is 6.23 Å². The van der Waals surface area contributed by atoms with Crippen LogP contribution in [0.1, 0.15) is 23.0 Å². The summed E-state index contributed by atoms with van der Waals surface area (Å²) in [4.78, 5) is 28.6. The van der Waals surface area contributed by atoms with Crippen LogP contribution in [0.5, 0.6) is 11.5 Å². The van der Waals surface area contributed by atoms with Gasteiger partial charge < -0.3 is 29.4 Å². The van der Waals surface area contributed by atoms with E-state index in [0.717, 1.165) is 6.20 Å². The van der Waals surface area contributed by atoms with Crippen LogP contribution in [0.3, 0.4) is 0 Å². The van der Waals surface area contributed by atoms with Gasteiger partial charge in [-0.15, -0.1) is 0 Å². The Labute approximate surface area is 180 Å². The number of ether oxygens (including phenoxy) is 4. The minimum Gasteiger partial charge on any atom is -0.486 e. The number of amides is 1. The first-order chi connectivity index (χ1) is 15.3. The normalized spacial score (nSPS) is 23.7. The Bertz CT molecular complexity index is 1060. The van der Waals surface area contributed by atoms with Crippen molar-refractivity contribution in [2.24, 2.45) is 0 Å². The predicted octanol–water partition coefficient (Wildman–Crippen LogP) is 1.20. The van der Waals surface area contributed by atoms with Crippen LogP contribution >= 0.6 is 0 Å². The van der Waals surface area contributed by atoms with Gasteiger partial charge in [0, 0.05) is 25.3 Å². The maximum absolute atomic E-state index is 14.3. The van der Waals surface area contributed by atoms with Crippen LogP contribution in [-0.4, -0.2) is 65.6 Å². The van der Waals surface area contributed by atoms with Crippen LogP contribution in [0.4, 0.5) is 14.6 Å². The van der Waals surface area contributed by atoms with Crippen molar-refractivity contribution in [1.29, 1.82) is 0 Å². The van der Waals surface area contributed by atoms with E-state index in [2.05, 4.69) is 10.3 Å². The van der Waals surface area contributed by atoms with Gasteiger partial charge in [-0.05, 0) is 24.3 Å². The third-order valence-electron chi connectivity index (χ3n) is 4.99. The van der Waals surface area contributed by atoms with E-state index in [1.165, 1.54) is 25.3 Å². The molecule has 2 N–H and O–H groups in total. The summed E-state index contributed by atoms with van der Waals surface area (Å²) in [5.74, 6) is -3.28. The molecule has 1 aromatic carbocycles. The van der Waals surface area contributed by atoms with Crippen molar-refractivity contribution in [2.45, 2.75) is 30.8 Å². The first-order valence-electron chi connectivity index (χ1n) is 9.78. The summed E-state index contributed by atoms with van der Waals surface area (Å²) in [6.07, 6.45) is -2.71. The molecule has 3 heterocycles. The highest BCUT2D eigenvalue weighted by Gasteiger charge is 2.51. The Balaban J connectivity index is 1.49. The van der Waals surface area contributed by atoms with Gasteiger partial charge in [-0.2, -0.15) is 4.98 Å². The molecule has 1 amide bonds. The van der Waals surface area contributed by atoms with Gasteiger partial charge in [0.25, 0.3) is 11.8 Å². The SMILES string of the molecule is COC[C@@H]1CC(F)(F)C(n2ccc(NC(=O)c3ccc4c(c3)OC(CO)CO4)nc2=O)O1. The fraction of sp³-hybridized carbons (Fsp3) is 0.450. The monoisotopic (exact) mass is 453 g/mol. The third-order valence-corrected chi connectivity index (χ3v) is 4.99. The standard InChI is InChI=1S/C20H21F2N3O7/c1-29-9-12-7-20(21,22)18(32-12)25-5-4-16(24-19(25)28)23-17(27)11-2-3-14-15(6-11)31-13(8-26)10-30-14/h2-6,12-13,18,26H,7-10H2,1H3,(H,23,24,27,28)/t12-,13?,18?/m0/s1. The van der Waals surface area contributed by atoms with Crippen LogP contribution in [0.15, 0.2) is 35.3 Å². The zero-order valence-electron chi connectivity index (χ0n) is 17.0. The van der Waals surface area contributed by atoms with Crippen LogP contribution in [0.2, 0.25) is 0 Å². The van der Waals surface area contributed by atoms with Gasteiger partial charge in [0.15, 0.2) is 17.6 Å². The number of aromatic nitrogens is 2. The second-order valence-corrected chi connectivity index (χ2v) is 7.38. The van der Waals surface area contributed by atoms with E-state index in [1.807, 2.05) is 0 Å². The summed E-state index contributed by atoms with van der Waals surface area (Å²) >= 11 is 0. The van der Waals surface area contributed by atoms with Crippen molar-refractivity contribution < 1.29 is 37.6 Å². The molecule has 0 radical (unpaired) electrons. The summed E-state index contributed by atoms with van der Waals surface area (Å²) in [5.41, 5.74) is -0.816. The molecule has 172 valence electrons. The van der Waals surface area contributed by atoms with Crippen LogP contribution in [-0.2, 0) is 9.47 Å². The van der Waals surface area contributed by atoms with Crippen molar-refractivity contribution in [3.05, 3.63) is 46.5 Å². The van der Waals surface area contributed by atoms with Gasteiger partial charge in [0.1, 0.15) is 12.4 Å². The maximum atomic E-state index is 14.3. The Morgan fingerprint density at radius 2 is 2.16 bits per heavy atom. The highest BCUT2D eigenvalue weighted by molar-refractivity contribution is 6.04. The number of alkyl halides is 2. The number of carbonyl (C=O) groups is 1. The highest BCUT2D eigenvalue weighted by Crippen LogP contribution is 2.41. The molecule has 1 fully saturated rings. The topological polar surface area (TPSA) is 121 Å². The number of nitrogens with one attached hydrogen (secondary N) is 1. The average Bonchev–Trinajstić information content (AvgIpc) is 3.06. The molecule has 1 saturated heterocycles. The Kier molecular flexibility index (Phi) is 6.09. The smallest absolute Gasteiger partial charge is 0.351 e. The van der Waals surface area contributed by atoms with E-state index in [9.17, 15) is 23.5 Å². The molecule has 2 aliphatic heterocycles. The number of aliphatic hydroxyl groups excluding tert-OH is 1.